The van der Waals surface area contributed by atoms with Gasteiger partial charge in [-0.05, 0) is 44.4 Å². The lowest BCUT2D eigenvalue weighted by Gasteiger charge is -2.37. The molecule has 3 aromatic rings. The van der Waals surface area contributed by atoms with Gasteiger partial charge in [0.05, 0.1) is 6.40 Å². The molecule has 0 aliphatic rings. The average molecular weight is 417 g/mol. The number of esters is 1. The number of carbonyl (C=O) groups is 1. The molecule has 0 aliphatic carbocycles. The van der Waals surface area contributed by atoms with Gasteiger partial charge >= 0.3 is 5.97 Å². The first kappa shape index (κ1) is 21.3. The van der Waals surface area contributed by atoms with Gasteiger partial charge in [0.25, 0.3) is 0 Å². The van der Waals surface area contributed by atoms with E-state index in [-0.39, 0.29) is 6.04 Å². The van der Waals surface area contributed by atoms with E-state index in [2.05, 4.69) is 36.1 Å². The van der Waals surface area contributed by atoms with Gasteiger partial charge in [-0.1, -0.05) is 91.0 Å². The number of rotatable bonds is 8. The highest BCUT2D eigenvalue weighted by Gasteiger charge is 2.30. The summed E-state index contributed by atoms with van der Waals surface area (Å²) in [5, 5.41) is 0. The van der Waals surface area contributed by atoms with Crippen LogP contribution in [0, 0.1) is 0 Å². The van der Waals surface area contributed by atoms with Crippen molar-refractivity contribution >= 4 is 5.97 Å². The Morgan fingerprint density at radius 1 is 0.871 bits per heavy atom. The molecule has 3 atom stereocenters. The fourth-order valence-corrected chi connectivity index (χ4v) is 3.69. The van der Waals surface area contributed by atoms with Crippen molar-refractivity contribution in [1.29, 1.82) is 0 Å². The zero-order valence-electron chi connectivity index (χ0n) is 19.9. The van der Waals surface area contributed by atoms with Crippen LogP contribution in [0.15, 0.2) is 91.0 Å². The van der Waals surface area contributed by atoms with Crippen molar-refractivity contribution in [3.63, 3.8) is 0 Å². The molecular formula is C28H33NO2. The Morgan fingerprint density at radius 3 is 1.87 bits per heavy atom. The van der Waals surface area contributed by atoms with Gasteiger partial charge in [0.1, 0.15) is 5.60 Å². The van der Waals surface area contributed by atoms with Crippen LogP contribution in [-0.2, 0) is 16.1 Å². The molecule has 0 N–H and O–H groups in total. The lowest BCUT2D eigenvalue weighted by Crippen LogP contribution is -2.34. The van der Waals surface area contributed by atoms with E-state index in [0.29, 0.717) is 6.54 Å². The summed E-state index contributed by atoms with van der Waals surface area (Å²) in [5.74, 6) is -0.510. The van der Waals surface area contributed by atoms with Crippen molar-refractivity contribution in [2.75, 3.05) is 0 Å². The van der Waals surface area contributed by atoms with Gasteiger partial charge in [-0.25, -0.2) is 0 Å². The Kier molecular flexibility index (Phi) is 7.16. The van der Waals surface area contributed by atoms with Gasteiger partial charge < -0.3 is 4.74 Å². The van der Waals surface area contributed by atoms with Crippen LogP contribution >= 0.6 is 0 Å². The van der Waals surface area contributed by atoms with E-state index >= 15 is 0 Å². The van der Waals surface area contributed by atoms with E-state index in [4.69, 9.17) is 6.11 Å². The number of ether oxygens (including phenoxy) is 1. The summed E-state index contributed by atoms with van der Waals surface area (Å²) in [7, 11) is 0. The Hall–Kier alpha value is -2.91. The highest BCUT2D eigenvalue weighted by atomic mass is 16.6. The maximum atomic E-state index is 13.1. The SMILES string of the molecule is [2H][C@H](C(=O)OC(C)(C)C)[C@H](c1ccccc1)N(Cc1ccccc1)[C@@H](C)c1ccccc1. The van der Waals surface area contributed by atoms with Crippen molar-refractivity contribution < 1.29 is 10.9 Å². The van der Waals surface area contributed by atoms with Gasteiger partial charge in [0.15, 0.2) is 0 Å². The minimum Gasteiger partial charge on any atom is -0.460 e. The molecule has 0 bridgehead atoms. The van der Waals surface area contributed by atoms with Crippen LogP contribution in [0.2, 0.25) is 0 Å². The third-order valence-corrected chi connectivity index (χ3v) is 5.19. The maximum Gasteiger partial charge on any atom is 0.308 e. The highest BCUT2D eigenvalue weighted by molar-refractivity contribution is 5.71. The highest BCUT2D eigenvalue weighted by Crippen LogP contribution is 2.35. The van der Waals surface area contributed by atoms with Crippen molar-refractivity contribution in [2.24, 2.45) is 0 Å². The summed E-state index contributed by atoms with van der Waals surface area (Å²) in [6, 6.07) is 29.8. The van der Waals surface area contributed by atoms with Gasteiger partial charge in [0.2, 0.25) is 0 Å². The fourth-order valence-electron chi connectivity index (χ4n) is 3.69. The second-order valence-corrected chi connectivity index (χ2v) is 8.80. The van der Waals surface area contributed by atoms with Gasteiger partial charge in [-0.15, -0.1) is 0 Å². The molecule has 0 amide bonds. The van der Waals surface area contributed by atoms with Gasteiger partial charge in [0, 0.05) is 20.0 Å². The lowest BCUT2D eigenvalue weighted by atomic mass is 9.96. The van der Waals surface area contributed by atoms with Crippen LogP contribution in [0.5, 0.6) is 0 Å². The third-order valence-electron chi connectivity index (χ3n) is 5.19. The molecule has 0 saturated heterocycles. The van der Waals surface area contributed by atoms with Crippen LogP contribution in [0.1, 0.15) is 64.2 Å². The molecule has 0 aromatic heterocycles. The molecule has 162 valence electrons. The predicted octanol–water partition coefficient (Wildman–Crippen LogP) is 6.72. The molecule has 0 aliphatic heterocycles. The predicted molar refractivity (Wildman–Crippen MR) is 126 cm³/mol. The molecule has 31 heavy (non-hydrogen) atoms. The molecule has 0 heterocycles. The largest absolute Gasteiger partial charge is 0.460 e. The number of benzene rings is 3. The van der Waals surface area contributed by atoms with Crippen LogP contribution in [0.25, 0.3) is 0 Å². The van der Waals surface area contributed by atoms with E-state index in [1.807, 2.05) is 87.5 Å². The summed E-state index contributed by atoms with van der Waals surface area (Å²) in [4.78, 5) is 15.3. The summed E-state index contributed by atoms with van der Waals surface area (Å²) in [6.45, 7) is 8.25. The fraction of sp³-hybridized carbons (Fsp3) is 0.321. The van der Waals surface area contributed by atoms with E-state index in [1.165, 1.54) is 0 Å². The first-order valence-electron chi connectivity index (χ1n) is 11.4. The summed E-state index contributed by atoms with van der Waals surface area (Å²) < 4.78 is 14.6. The molecule has 3 aromatic carbocycles. The lowest BCUT2D eigenvalue weighted by molar-refractivity contribution is -0.156. The summed E-state index contributed by atoms with van der Waals surface area (Å²) in [5.41, 5.74) is 2.55. The second kappa shape index (κ2) is 10.4. The average Bonchev–Trinajstić information content (AvgIpc) is 2.79. The smallest absolute Gasteiger partial charge is 0.308 e. The van der Waals surface area contributed by atoms with Gasteiger partial charge in [-0.2, -0.15) is 0 Å². The Morgan fingerprint density at radius 2 is 1.35 bits per heavy atom. The maximum absolute atomic E-state index is 13.1. The zero-order valence-corrected chi connectivity index (χ0v) is 18.9. The molecular weight excluding hydrogens is 382 g/mol. The van der Waals surface area contributed by atoms with E-state index in [1.54, 1.807) is 0 Å². The minimum atomic E-state index is -1.09. The topological polar surface area (TPSA) is 29.5 Å². The number of carbonyl (C=O) groups excluding carboxylic acids is 1. The molecule has 3 rings (SSSR count). The number of hydrogen-bond donors (Lipinski definition) is 0. The molecule has 3 heteroatoms. The number of hydrogen-bond acceptors (Lipinski definition) is 3. The Balaban J connectivity index is 2.06. The van der Waals surface area contributed by atoms with Crippen molar-refractivity contribution in [3.05, 3.63) is 108 Å². The van der Waals surface area contributed by atoms with E-state index in [9.17, 15) is 4.79 Å². The van der Waals surface area contributed by atoms with Crippen LogP contribution in [0.4, 0.5) is 0 Å². The van der Waals surface area contributed by atoms with Crippen molar-refractivity contribution in [2.45, 2.75) is 58.3 Å². The van der Waals surface area contributed by atoms with Crippen LogP contribution in [0.3, 0.4) is 0 Å². The van der Waals surface area contributed by atoms with Crippen molar-refractivity contribution in [1.82, 2.24) is 4.90 Å². The standard InChI is InChI=1S/C28H33NO2/c1-22(24-16-10-6-11-17-24)29(21-23-14-8-5-9-15-23)26(25-18-12-7-13-19-25)20-27(30)31-28(2,3)4/h5-19,22,26H,20-21H2,1-4H3/t22-,26+/m0/s1/i20D/t20-,22-,26+. The Labute approximate surface area is 188 Å². The zero-order chi connectivity index (χ0) is 23.1. The molecule has 3 nitrogen and oxygen atoms in total. The second-order valence-electron chi connectivity index (χ2n) is 8.80. The first-order valence-corrected chi connectivity index (χ1v) is 10.8. The molecule has 0 spiro atoms. The van der Waals surface area contributed by atoms with Crippen LogP contribution < -0.4 is 0 Å². The summed E-state index contributed by atoms with van der Waals surface area (Å²) >= 11 is 0. The third kappa shape index (κ3) is 6.80. The van der Waals surface area contributed by atoms with Gasteiger partial charge in [-0.3, -0.25) is 9.69 Å². The molecule has 0 unspecified atom stereocenters. The molecule has 0 fully saturated rings. The number of nitrogens with zero attached hydrogens (tertiary/aromatic N) is 1. The van der Waals surface area contributed by atoms with E-state index < -0.39 is 24.0 Å². The monoisotopic (exact) mass is 416 g/mol. The normalized spacial score (nSPS) is 15.1. The quantitative estimate of drug-likeness (QED) is 0.382. The summed E-state index contributed by atoms with van der Waals surface area (Å²) in [6.07, 6.45) is -1.09. The van der Waals surface area contributed by atoms with Crippen molar-refractivity contribution in [3.8, 4) is 0 Å². The minimum absolute atomic E-state index is 0.0168. The van der Waals surface area contributed by atoms with E-state index in [0.717, 1.165) is 16.7 Å². The molecule has 0 radical (unpaired) electrons. The molecule has 0 saturated carbocycles. The Bertz CT molecular complexity index is 971. The van der Waals surface area contributed by atoms with Crippen LogP contribution in [-0.4, -0.2) is 16.5 Å². The first-order chi connectivity index (χ1) is 15.3.